The summed E-state index contributed by atoms with van der Waals surface area (Å²) in [7, 11) is 0. The third-order valence-corrected chi connectivity index (χ3v) is 3.51. The van der Waals surface area contributed by atoms with Crippen molar-refractivity contribution >= 4 is 17.4 Å². The third kappa shape index (κ3) is 3.06. The average Bonchev–Trinajstić information content (AvgIpc) is 2.34. The molecule has 1 rings (SSSR count). The van der Waals surface area contributed by atoms with Gasteiger partial charge in [0.2, 0.25) is 0 Å². The molecule has 0 unspecified atom stereocenters. The van der Waals surface area contributed by atoms with Gasteiger partial charge in [-0.15, -0.1) is 0 Å². The lowest BCUT2D eigenvalue weighted by atomic mass is 9.82. The first-order valence-electron chi connectivity index (χ1n) is 5.57. The monoisotopic (exact) mass is 242 g/mol. The normalized spacial score (nSPS) is 11.5. The van der Waals surface area contributed by atoms with Gasteiger partial charge in [0, 0.05) is 6.54 Å². The summed E-state index contributed by atoms with van der Waals surface area (Å²) in [5.74, 6) is 0.677. The number of nitrogens with one attached hydrogen (secondary N) is 1. The van der Waals surface area contributed by atoms with Crippen LogP contribution in [0, 0.1) is 5.41 Å². The molecule has 5 heteroatoms. The Morgan fingerprint density at radius 2 is 2.12 bits per heavy atom. The van der Waals surface area contributed by atoms with E-state index in [2.05, 4.69) is 29.1 Å². The molecule has 0 fully saturated rings. The second kappa shape index (κ2) is 6.01. The molecule has 0 spiro atoms. The Bertz CT molecular complexity index is 317. The predicted octanol–water partition coefficient (Wildman–Crippen LogP) is 2.31. The van der Waals surface area contributed by atoms with Gasteiger partial charge in [-0.2, -0.15) is 0 Å². The van der Waals surface area contributed by atoms with Crippen LogP contribution in [0.15, 0.2) is 12.5 Å². The van der Waals surface area contributed by atoms with Crippen molar-refractivity contribution in [1.82, 2.24) is 9.97 Å². The fourth-order valence-electron chi connectivity index (χ4n) is 1.57. The summed E-state index contributed by atoms with van der Waals surface area (Å²) >= 11 is 5.96. The standard InChI is InChI=1S/C11H19ClN4/c1-3-11(4-2,6-13)7-15-10-9(12)5-14-8-16-10/h5,8H,3-4,6-7,13H2,1-2H3,(H,14,15,16). The maximum absolute atomic E-state index is 5.96. The molecule has 1 aromatic heterocycles. The second-order valence-electron chi connectivity index (χ2n) is 3.98. The summed E-state index contributed by atoms with van der Waals surface area (Å²) in [6, 6.07) is 0. The molecule has 3 N–H and O–H groups in total. The average molecular weight is 243 g/mol. The van der Waals surface area contributed by atoms with E-state index in [0.29, 0.717) is 17.4 Å². The molecule has 0 aliphatic carbocycles. The van der Waals surface area contributed by atoms with E-state index in [1.54, 1.807) is 6.20 Å². The van der Waals surface area contributed by atoms with Crippen molar-refractivity contribution in [3.8, 4) is 0 Å². The Morgan fingerprint density at radius 1 is 1.44 bits per heavy atom. The molecule has 0 saturated heterocycles. The molecular weight excluding hydrogens is 224 g/mol. The number of hydrogen-bond donors (Lipinski definition) is 2. The lowest BCUT2D eigenvalue weighted by Gasteiger charge is -2.30. The molecule has 0 aliphatic heterocycles. The van der Waals surface area contributed by atoms with Crippen LogP contribution < -0.4 is 11.1 Å². The summed E-state index contributed by atoms with van der Waals surface area (Å²) in [5.41, 5.74) is 5.94. The Morgan fingerprint density at radius 3 is 2.62 bits per heavy atom. The van der Waals surface area contributed by atoms with E-state index in [1.807, 2.05) is 0 Å². The van der Waals surface area contributed by atoms with Crippen LogP contribution in [0.25, 0.3) is 0 Å². The Hall–Kier alpha value is -0.870. The van der Waals surface area contributed by atoms with Crippen LogP contribution in [0.1, 0.15) is 26.7 Å². The van der Waals surface area contributed by atoms with Crippen LogP contribution in [0.4, 0.5) is 5.82 Å². The summed E-state index contributed by atoms with van der Waals surface area (Å²) in [5, 5.41) is 3.79. The van der Waals surface area contributed by atoms with Crippen LogP contribution in [0.2, 0.25) is 5.02 Å². The maximum Gasteiger partial charge on any atom is 0.148 e. The SMILES string of the molecule is CCC(CC)(CN)CNc1ncncc1Cl. The van der Waals surface area contributed by atoms with Crippen molar-refractivity contribution in [2.75, 3.05) is 18.4 Å². The van der Waals surface area contributed by atoms with Crippen molar-refractivity contribution in [1.29, 1.82) is 0 Å². The molecule has 0 amide bonds. The molecule has 0 bridgehead atoms. The molecule has 0 saturated carbocycles. The van der Waals surface area contributed by atoms with E-state index in [-0.39, 0.29) is 5.41 Å². The number of rotatable bonds is 6. The molecule has 1 aromatic rings. The fourth-order valence-corrected chi connectivity index (χ4v) is 1.75. The van der Waals surface area contributed by atoms with Crippen LogP contribution in [0.5, 0.6) is 0 Å². The second-order valence-corrected chi connectivity index (χ2v) is 4.39. The Balaban J connectivity index is 2.66. The molecule has 16 heavy (non-hydrogen) atoms. The van der Waals surface area contributed by atoms with E-state index in [0.717, 1.165) is 19.4 Å². The molecule has 0 aromatic carbocycles. The predicted molar refractivity (Wildman–Crippen MR) is 67.6 cm³/mol. The van der Waals surface area contributed by atoms with Gasteiger partial charge in [-0.05, 0) is 24.8 Å². The van der Waals surface area contributed by atoms with Gasteiger partial charge in [-0.1, -0.05) is 25.4 Å². The Kier molecular flexibility index (Phi) is 4.96. The van der Waals surface area contributed by atoms with Gasteiger partial charge >= 0.3 is 0 Å². The maximum atomic E-state index is 5.96. The van der Waals surface area contributed by atoms with Crippen LogP contribution in [-0.2, 0) is 0 Å². The number of nitrogens with two attached hydrogens (primary N) is 1. The quantitative estimate of drug-likeness (QED) is 0.804. The Labute approximate surface area is 102 Å². The highest BCUT2D eigenvalue weighted by molar-refractivity contribution is 6.32. The molecule has 4 nitrogen and oxygen atoms in total. The molecule has 1 heterocycles. The van der Waals surface area contributed by atoms with Gasteiger partial charge in [-0.25, -0.2) is 9.97 Å². The highest BCUT2D eigenvalue weighted by Gasteiger charge is 2.24. The van der Waals surface area contributed by atoms with Gasteiger partial charge in [0.05, 0.1) is 6.20 Å². The fraction of sp³-hybridized carbons (Fsp3) is 0.636. The summed E-state index contributed by atoms with van der Waals surface area (Å²) in [6.07, 6.45) is 5.14. The van der Waals surface area contributed by atoms with Gasteiger partial charge in [0.15, 0.2) is 0 Å². The third-order valence-electron chi connectivity index (χ3n) is 3.23. The number of halogens is 1. The van der Waals surface area contributed by atoms with E-state index in [4.69, 9.17) is 17.3 Å². The van der Waals surface area contributed by atoms with Crippen LogP contribution in [-0.4, -0.2) is 23.1 Å². The summed E-state index contributed by atoms with van der Waals surface area (Å²) < 4.78 is 0. The first-order valence-corrected chi connectivity index (χ1v) is 5.94. The lowest BCUT2D eigenvalue weighted by Crippen LogP contribution is -2.36. The molecule has 90 valence electrons. The van der Waals surface area contributed by atoms with Gasteiger partial charge < -0.3 is 11.1 Å². The van der Waals surface area contributed by atoms with E-state index in [9.17, 15) is 0 Å². The molecule has 0 aliphatic rings. The zero-order valence-corrected chi connectivity index (χ0v) is 10.6. The first kappa shape index (κ1) is 13.2. The van der Waals surface area contributed by atoms with Crippen molar-refractivity contribution in [3.05, 3.63) is 17.5 Å². The zero-order chi connectivity index (χ0) is 12.0. The largest absolute Gasteiger partial charge is 0.368 e. The van der Waals surface area contributed by atoms with Gasteiger partial charge in [0.25, 0.3) is 0 Å². The minimum atomic E-state index is 0.119. The zero-order valence-electron chi connectivity index (χ0n) is 9.83. The van der Waals surface area contributed by atoms with Crippen molar-refractivity contribution in [2.45, 2.75) is 26.7 Å². The molecule has 0 radical (unpaired) electrons. The van der Waals surface area contributed by atoms with Crippen molar-refractivity contribution in [2.24, 2.45) is 11.1 Å². The van der Waals surface area contributed by atoms with E-state index in [1.165, 1.54) is 6.33 Å². The molecular formula is C11H19ClN4. The minimum Gasteiger partial charge on any atom is -0.368 e. The smallest absolute Gasteiger partial charge is 0.148 e. The first-order chi connectivity index (χ1) is 7.67. The van der Waals surface area contributed by atoms with Crippen molar-refractivity contribution < 1.29 is 0 Å². The lowest BCUT2D eigenvalue weighted by molar-refractivity contribution is 0.294. The number of hydrogen-bond acceptors (Lipinski definition) is 4. The van der Waals surface area contributed by atoms with Crippen LogP contribution in [0.3, 0.4) is 0 Å². The highest BCUT2D eigenvalue weighted by atomic mass is 35.5. The topological polar surface area (TPSA) is 63.8 Å². The number of nitrogens with zero attached hydrogens (tertiary/aromatic N) is 2. The number of anilines is 1. The van der Waals surface area contributed by atoms with Gasteiger partial charge in [0.1, 0.15) is 17.2 Å². The summed E-state index contributed by atoms with van der Waals surface area (Å²) in [4.78, 5) is 7.93. The summed E-state index contributed by atoms with van der Waals surface area (Å²) in [6.45, 7) is 5.75. The highest BCUT2D eigenvalue weighted by Crippen LogP contribution is 2.26. The minimum absolute atomic E-state index is 0.119. The number of aromatic nitrogens is 2. The van der Waals surface area contributed by atoms with Crippen LogP contribution >= 0.6 is 11.6 Å². The van der Waals surface area contributed by atoms with Gasteiger partial charge in [-0.3, -0.25) is 0 Å². The molecule has 0 atom stereocenters. The van der Waals surface area contributed by atoms with E-state index < -0.39 is 0 Å². The van der Waals surface area contributed by atoms with Crippen molar-refractivity contribution in [3.63, 3.8) is 0 Å². The van der Waals surface area contributed by atoms with E-state index >= 15 is 0 Å².